The fourth-order valence-electron chi connectivity index (χ4n) is 3.49. The van der Waals surface area contributed by atoms with Gasteiger partial charge in [-0.15, -0.1) is 0 Å². The predicted octanol–water partition coefficient (Wildman–Crippen LogP) is 4.32. The lowest BCUT2D eigenvalue weighted by Crippen LogP contribution is -2.33. The van der Waals surface area contributed by atoms with Crippen LogP contribution >= 0.6 is 0 Å². The first-order chi connectivity index (χ1) is 12.8. The van der Waals surface area contributed by atoms with Gasteiger partial charge in [0.2, 0.25) is 0 Å². The molecule has 0 N–H and O–H groups in total. The van der Waals surface area contributed by atoms with Crippen LogP contribution in [-0.2, 0) is 18.9 Å². The maximum absolute atomic E-state index is 5.92. The van der Waals surface area contributed by atoms with Gasteiger partial charge in [0.25, 0.3) is 0 Å². The topological polar surface area (TPSA) is 46.2 Å². The molecule has 2 aliphatic heterocycles. The average molecular weight is 364 g/mol. The summed E-state index contributed by atoms with van der Waals surface area (Å²) < 4.78 is 29.0. The SMILES string of the molecule is CCC[C@H]1CO[C@H](CC[C@H]2CO[C@H](c3ccc(OCC)cc3)OC2)OC1. The molecule has 146 valence electrons. The Kier molecular flexibility index (Phi) is 7.74. The van der Waals surface area contributed by atoms with E-state index in [9.17, 15) is 0 Å². The third kappa shape index (κ3) is 5.68. The minimum Gasteiger partial charge on any atom is -0.494 e. The van der Waals surface area contributed by atoms with Crippen molar-refractivity contribution in [2.75, 3.05) is 33.0 Å². The van der Waals surface area contributed by atoms with E-state index in [1.807, 2.05) is 31.2 Å². The van der Waals surface area contributed by atoms with Gasteiger partial charge in [-0.1, -0.05) is 25.5 Å². The van der Waals surface area contributed by atoms with E-state index in [0.717, 1.165) is 37.4 Å². The van der Waals surface area contributed by atoms with Crippen LogP contribution in [0.4, 0.5) is 0 Å². The van der Waals surface area contributed by atoms with E-state index in [1.54, 1.807) is 0 Å². The quantitative estimate of drug-likeness (QED) is 0.687. The van der Waals surface area contributed by atoms with Gasteiger partial charge >= 0.3 is 0 Å². The van der Waals surface area contributed by atoms with Gasteiger partial charge in [-0.3, -0.25) is 0 Å². The van der Waals surface area contributed by atoms with Gasteiger partial charge in [0, 0.05) is 17.4 Å². The van der Waals surface area contributed by atoms with Crippen molar-refractivity contribution in [3.05, 3.63) is 29.8 Å². The van der Waals surface area contributed by atoms with Crippen LogP contribution in [0.1, 0.15) is 51.4 Å². The summed E-state index contributed by atoms with van der Waals surface area (Å²) in [5.41, 5.74) is 1.04. The van der Waals surface area contributed by atoms with Crippen molar-refractivity contribution in [1.82, 2.24) is 0 Å². The number of hydrogen-bond acceptors (Lipinski definition) is 5. The molecule has 5 nitrogen and oxygen atoms in total. The molecule has 0 atom stereocenters. The number of rotatable bonds is 8. The van der Waals surface area contributed by atoms with Crippen molar-refractivity contribution >= 4 is 0 Å². The minimum atomic E-state index is -0.279. The zero-order chi connectivity index (χ0) is 18.2. The number of benzene rings is 1. The first-order valence-electron chi connectivity index (χ1n) is 9.97. The molecule has 0 amide bonds. The van der Waals surface area contributed by atoms with Crippen molar-refractivity contribution in [2.45, 2.75) is 52.1 Å². The molecule has 2 aliphatic rings. The standard InChI is InChI=1S/C21H32O5/c1-3-5-16-12-23-20(24-13-16)11-6-17-14-25-21(26-15-17)18-7-9-19(10-8-18)22-4-2/h7-10,16-17,20-21H,3-6,11-15H2,1-2H3/t16-,17-,20-,21-. The highest BCUT2D eigenvalue weighted by molar-refractivity contribution is 5.28. The van der Waals surface area contributed by atoms with E-state index in [0.29, 0.717) is 31.7 Å². The molecule has 5 heteroatoms. The molecule has 0 spiro atoms. The summed E-state index contributed by atoms with van der Waals surface area (Å²) in [5.74, 6) is 1.83. The molecule has 3 rings (SSSR count). The highest BCUT2D eigenvalue weighted by atomic mass is 16.7. The number of hydrogen-bond donors (Lipinski definition) is 0. The zero-order valence-corrected chi connectivity index (χ0v) is 16.0. The van der Waals surface area contributed by atoms with E-state index < -0.39 is 0 Å². The lowest BCUT2D eigenvalue weighted by Gasteiger charge is -2.32. The van der Waals surface area contributed by atoms with E-state index >= 15 is 0 Å². The van der Waals surface area contributed by atoms with Crippen LogP contribution in [0.5, 0.6) is 5.75 Å². The molecule has 0 aliphatic carbocycles. The highest BCUT2D eigenvalue weighted by Crippen LogP contribution is 2.29. The fourth-order valence-corrected chi connectivity index (χ4v) is 3.49. The largest absolute Gasteiger partial charge is 0.494 e. The lowest BCUT2D eigenvalue weighted by molar-refractivity contribution is -0.220. The Morgan fingerprint density at radius 2 is 1.42 bits per heavy atom. The minimum absolute atomic E-state index is 0.0630. The van der Waals surface area contributed by atoms with Gasteiger partial charge in [-0.2, -0.15) is 0 Å². The van der Waals surface area contributed by atoms with Crippen LogP contribution in [-0.4, -0.2) is 39.3 Å². The molecule has 26 heavy (non-hydrogen) atoms. The van der Waals surface area contributed by atoms with Crippen LogP contribution < -0.4 is 4.74 Å². The van der Waals surface area contributed by atoms with Gasteiger partial charge in [-0.25, -0.2) is 0 Å². The van der Waals surface area contributed by atoms with Crippen molar-refractivity contribution in [3.8, 4) is 5.75 Å². The van der Waals surface area contributed by atoms with Crippen LogP contribution in [0.2, 0.25) is 0 Å². The van der Waals surface area contributed by atoms with Crippen molar-refractivity contribution in [2.24, 2.45) is 11.8 Å². The molecule has 0 radical (unpaired) electrons. The van der Waals surface area contributed by atoms with Crippen LogP contribution in [0, 0.1) is 11.8 Å². The first-order valence-corrected chi connectivity index (χ1v) is 9.97. The van der Waals surface area contributed by atoms with E-state index in [2.05, 4.69) is 6.92 Å². The molecule has 0 bridgehead atoms. The van der Waals surface area contributed by atoms with Gasteiger partial charge in [-0.05, 0) is 38.3 Å². The molecule has 1 aromatic carbocycles. The molecule has 0 aromatic heterocycles. The summed E-state index contributed by atoms with van der Waals surface area (Å²) in [7, 11) is 0. The van der Waals surface area contributed by atoms with Crippen molar-refractivity contribution < 1.29 is 23.7 Å². The van der Waals surface area contributed by atoms with E-state index in [1.165, 1.54) is 12.8 Å². The Balaban J connectivity index is 1.35. The lowest BCUT2D eigenvalue weighted by atomic mass is 10.0. The molecule has 0 saturated carbocycles. The second-order valence-corrected chi connectivity index (χ2v) is 7.19. The Hall–Kier alpha value is -1.14. The normalized spacial score (nSPS) is 29.5. The summed E-state index contributed by atoms with van der Waals surface area (Å²) in [6.45, 7) is 7.94. The third-order valence-corrected chi connectivity index (χ3v) is 4.97. The average Bonchev–Trinajstić information content (AvgIpc) is 2.69. The Morgan fingerprint density at radius 3 is 2.04 bits per heavy atom. The Bertz CT molecular complexity index is 502. The fraction of sp³-hybridized carbons (Fsp3) is 0.714. The molecule has 0 unspecified atom stereocenters. The summed E-state index contributed by atoms with van der Waals surface area (Å²) in [6.07, 6.45) is 3.94. The van der Waals surface area contributed by atoms with Crippen LogP contribution in [0.15, 0.2) is 24.3 Å². The molecular weight excluding hydrogens is 332 g/mol. The van der Waals surface area contributed by atoms with Crippen LogP contribution in [0.3, 0.4) is 0 Å². The summed E-state index contributed by atoms with van der Waals surface area (Å²) in [5, 5.41) is 0. The molecular formula is C21H32O5. The number of ether oxygens (including phenoxy) is 5. The first kappa shape index (κ1) is 19.6. The monoisotopic (exact) mass is 364 g/mol. The smallest absolute Gasteiger partial charge is 0.183 e. The summed E-state index contributed by atoms with van der Waals surface area (Å²) in [6, 6.07) is 7.93. The summed E-state index contributed by atoms with van der Waals surface area (Å²) in [4.78, 5) is 0. The van der Waals surface area contributed by atoms with Gasteiger partial charge < -0.3 is 23.7 Å². The zero-order valence-electron chi connectivity index (χ0n) is 16.0. The van der Waals surface area contributed by atoms with Crippen molar-refractivity contribution in [1.29, 1.82) is 0 Å². The second kappa shape index (κ2) is 10.3. The maximum Gasteiger partial charge on any atom is 0.183 e. The maximum atomic E-state index is 5.92. The molecule has 1 aromatic rings. The van der Waals surface area contributed by atoms with E-state index in [4.69, 9.17) is 23.7 Å². The molecule has 2 saturated heterocycles. The second-order valence-electron chi connectivity index (χ2n) is 7.19. The summed E-state index contributed by atoms with van der Waals surface area (Å²) >= 11 is 0. The Morgan fingerprint density at radius 1 is 0.808 bits per heavy atom. The molecule has 2 fully saturated rings. The third-order valence-electron chi connectivity index (χ3n) is 4.97. The van der Waals surface area contributed by atoms with Crippen molar-refractivity contribution in [3.63, 3.8) is 0 Å². The van der Waals surface area contributed by atoms with Gasteiger partial charge in [0.1, 0.15) is 5.75 Å². The predicted molar refractivity (Wildman–Crippen MR) is 99.1 cm³/mol. The van der Waals surface area contributed by atoms with Crippen LogP contribution in [0.25, 0.3) is 0 Å². The van der Waals surface area contributed by atoms with E-state index in [-0.39, 0.29) is 12.6 Å². The molecule has 2 heterocycles. The van der Waals surface area contributed by atoms with Gasteiger partial charge in [0.15, 0.2) is 12.6 Å². The van der Waals surface area contributed by atoms with Gasteiger partial charge in [0.05, 0.1) is 33.0 Å². The highest BCUT2D eigenvalue weighted by Gasteiger charge is 2.26. The Labute approximate surface area is 156 Å².